The molecule has 0 unspecified atom stereocenters. The number of carbonyl (C=O) groups excluding carboxylic acids is 1. The highest BCUT2D eigenvalue weighted by atomic mass is 32.2. The highest BCUT2D eigenvalue weighted by molar-refractivity contribution is 7.92. The van der Waals surface area contributed by atoms with Gasteiger partial charge in [-0.1, -0.05) is 30.3 Å². The number of anilines is 2. The van der Waals surface area contributed by atoms with Gasteiger partial charge in [0.1, 0.15) is 0 Å². The van der Waals surface area contributed by atoms with Gasteiger partial charge in [-0.15, -0.1) is 0 Å². The first-order valence-corrected chi connectivity index (χ1v) is 11.4. The predicted molar refractivity (Wildman–Crippen MR) is 127 cm³/mol. The van der Waals surface area contributed by atoms with Crippen molar-refractivity contribution in [2.24, 2.45) is 0 Å². The number of nitro groups is 1. The Kier molecular flexibility index (Phi) is 6.98. The van der Waals surface area contributed by atoms with E-state index in [0.29, 0.717) is 6.54 Å². The molecule has 1 amide bonds. The summed E-state index contributed by atoms with van der Waals surface area (Å²) in [6.45, 7) is 0.332. The van der Waals surface area contributed by atoms with Gasteiger partial charge in [0.25, 0.3) is 21.6 Å². The number of amides is 1. The summed E-state index contributed by atoms with van der Waals surface area (Å²) in [5, 5.41) is 11.0. The van der Waals surface area contributed by atoms with E-state index in [-0.39, 0.29) is 27.7 Å². The molecule has 1 N–H and O–H groups in total. The van der Waals surface area contributed by atoms with Crippen molar-refractivity contribution in [1.82, 2.24) is 4.90 Å². The lowest BCUT2D eigenvalue weighted by Crippen LogP contribution is -2.27. The number of nitrogens with zero attached hydrogens (tertiary/aromatic N) is 3. The Labute approximate surface area is 192 Å². The number of non-ortho nitro benzene ring substituents is 1. The second-order valence-electron chi connectivity index (χ2n) is 7.63. The Bertz CT molecular complexity index is 1270. The fraction of sp³-hybridized carbons (Fsp3) is 0.174. The molecule has 0 aliphatic carbocycles. The molecule has 10 heteroatoms. The summed E-state index contributed by atoms with van der Waals surface area (Å²) in [5.74, 6) is -0.371. The van der Waals surface area contributed by atoms with E-state index in [0.717, 1.165) is 17.3 Å². The second-order valence-corrected chi connectivity index (χ2v) is 9.31. The van der Waals surface area contributed by atoms with Crippen LogP contribution >= 0.6 is 0 Å². The number of para-hydroxylation sites is 1. The van der Waals surface area contributed by atoms with E-state index in [1.54, 1.807) is 19.2 Å². The zero-order chi connectivity index (χ0) is 24.2. The summed E-state index contributed by atoms with van der Waals surface area (Å²) in [5.41, 5.74) is 1.87. The topological polar surface area (TPSA) is 113 Å². The average Bonchev–Trinajstić information content (AvgIpc) is 2.79. The number of hydrogen-bond donors (Lipinski definition) is 1. The maximum atomic E-state index is 13.1. The molecule has 0 heterocycles. The van der Waals surface area contributed by atoms with Gasteiger partial charge in [-0.05, 0) is 35.9 Å². The van der Waals surface area contributed by atoms with Crippen LogP contribution in [0, 0.1) is 10.1 Å². The molecule has 0 atom stereocenters. The molecular weight excluding hydrogens is 444 g/mol. The number of sulfonamides is 1. The molecule has 3 rings (SSSR count). The van der Waals surface area contributed by atoms with Gasteiger partial charge in [0.15, 0.2) is 0 Å². The molecule has 0 aliphatic heterocycles. The van der Waals surface area contributed by atoms with E-state index in [1.807, 2.05) is 43.3 Å². The summed E-state index contributed by atoms with van der Waals surface area (Å²) in [6.07, 6.45) is 0. The molecular formula is C23H24N4O5S. The molecule has 0 aromatic heterocycles. The zero-order valence-corrected chi connectivity index (χ0v) is 19.2. The minimum Gasteiger partial charge on any atom is -0.378 e. The van der Waals surface area contributed by atoms with Crippen LogP contribution in [0.25, 0.3) is 0 Å². The molecule has 0 spiro atoms. The van der Waals surface area contributed by atoms with E-state index >= 15 is 0 Å². The molecule has 0 saturated carbocycles. The number of nitrogens with one attached hydrogen (secondary N) is 1. The highest BCUT2D eigenvalue weighted by Gasteiger charge is 2.22. The Morgan fingerprint density at radius 1 is 0.970 bits per heavy atom. The van der Waals surface area contributed by atoms with Crippen molar-refractivity contribution in [3.63, 3.8) is 0 Å². The van der Waals surface area contributed by atoms with Crippen molar-refractivity contribution in [3.05, 3.63) is 94.0 Å². The van der Waals surface area contributed by atoms with Crippen LogP contribution in [0.3, 0.4) is 0 Å². The second kappa shape index (κ2) is 9.70. The molecule has 0 radical (unpaired) electrons. The van der Waals surface area contributed by atoms with Gasteiger partial charge in [0.2, 0.25) is 0 Å². The summed E-state index contributed by atoms with van der Waals surface area (Å²) >= 11 is 0. The molecule has 0 bridgehead atoms. The lowest BCUT2D eigenvalue weighted by molar-refractivity contribution is -0.385. The maximum Gasteiger partial charge on any atom is 0.270 e. The Morgan fingerprint density at radius 3 is 2.27 bits per heavy atom. The van der Waals surface area contributed by atoms with E-state index in [1.165, 1.54) is 35.2 Å². The first-order chi connectivity index (χ1) is 15.6. The summed E-state index contributed by atoms with van der Waals surface area (Å²) in [7, 11) is 1.36. The van der Waals surface area contributed by atoms with Gasteiger partial charge in [0.05, 0.1) is 21.1 Å². The van der Waals surface area contributed by atoms with Crippen molar-refractivity contribution >= 4 is 33.0 Å². The van der Waals surface area contributed by atoms with Gasteiger partial charge in [-0.2, -0.15) is 0 Å². The van der Waals surface area contributed by atoms with Crippen LogP contribution in [0.15, 0.2) is 77.7 Å². The Morgan fingerprint density at radius 2 is 1.64 bits per heavy atom. The van der Waals surface area contributed by atoms with Gasteiger partial charge >= 0.3 is 0 Å². The molecule has 0 aliphatic rings. The third kappa shape index (κ3) is 5.66. The minimum atomic E-state index is -4.15. The fourth-order valence-electron chi connectivity index (χ4n) is 3.18. The predicted octanol–water partition coefficient (Wildman–Crippen LogP) is 3.73. The van der Waals surface area contributed by atoms with Crippen LogP contribution in [-0.2, 0) is 16.6 Å². The zero-order valence-electron chi connectivity index (χ0n) is 18.4. The number of rotatable bonds is 8. The van der Waals surface area contributed by atoms with Gasteiger partial charge in [0, 0.05) is 45.5 Å². The molecule has 9 nitrogen and oxygen atoms in total. The van der Waals surface area contributed by atoms with Crippen LogP contribution in [0.1, 0.15) is 15.9 Å². The Hall–Kier alpha value is -3.92. The molecule has 33 heavy (non-hydrogen) atoms. The largest absolute Gasteiger partial charge is 0.378 e. The normalized spacial score (nSPS) is 11.0. The van der Waals surface area contributed by atoms with Gasteiger partial charge < -0.3 is 9.80 Å². The van der Waals surface area contributed by atoms with E-state index in [4.69, 9.17) is 0 Å². The third-order valence-electron chi connectivity index (χ3n) is 4.96. The van der Waals surface area contributed by atoms with Gasteiger partial charge in [-0.3, -0.25) is 19.6 Å². The van der Waals surface area contributed by atoms with Crippen LogP contribution < -0.4 is 9.62 Å². The highest BCUT2D eigenvalue weighted by Crippen LogP contribution is 2.24. The molecule has 3 aromatic carbocycles. The summed E-state index contributed by atoms with van der Waals surface area (Å²) < 4.78 is 28.1. The van der Waals surface area contributed by atoms with Crippen molar-refractivity contribution in [2.45, 2.75) is 11.4 Å². The van der Waals surface area contributed by atoms with E-state index in [2.05, 4.69) is 4.72 Å². The van der Waals surface area contributed by atoms with Crippen LogP contribution in [-0.4, -0.2) is 45.3 Å². The smallest absolute Gasteiger partial charge is 0.270 e. The van der Waals surface area contributed by atoms with E-state index in [9.17, 15) is 23.3 Å². The monoisotopic (exact) mass is 468 g/mol. The first-order valence-electron chi connectivity index (χ1n) is 9.96. The van der Waals surface area contributed by atoms with E-state index < -0.39 is 14.9 Å². The summed E-state index contributed by atoms with van der Waals surface area (Å²) in [6, 6.07) is 18.7. The quantitative estimate of drug-likeness (QED) is 0.398. The van der Waals surface area contributed by atoms with Gasteiger partial charge in [-0.25, -0.2) is 8.42 Å². The lowest BCUT2D eigenvalue weighted by Gasteiger charge is -2.20. The third-order valence-corrected chi connectivity index (χ3v) is 6.32. The maximum absolute atomic E-state index is 13.1. The SMILES string of the molecule is CN(Cc1ccc(N(C)C)cc1)C(=O)c1ccccc1NS(=O)(=O)c1cccc([N+](=O)[O-])c1. The molecule has 0 saturated heterocycles. The van der Waals surface area contributed by atoms with Crippen molar-refractivity contribution in [3.8, 4) is 0 Å². The van der Waals surface area contributed by atoms with Crippen molar-refractivity contribution in [2.75, 3.05) is 30.8 Å². The number of carbonyl (C=O) groups is 1. The average molecular weight is 469 g/mol. The number of hydrogen-bond acceptors (Lipinski definition) is 6. The standard InChI is InChI=1S/C23H24N4O5S/c1-25(2)18-13-11-17(12-14-18)16-26(3)23(28)21-9-4-5-10-22(21)24-33(31,32)20-8-6-7-19(15-20)27(29)30/h4-15,24H,16H2,1-3H3. The first kappa shape index (κ1) is 23.7. The van der Waals surface area contributed by atoms with Crippen molar-refractivity contribution in [1.29, 1.82) is 0 Å². The van der Waals surface area contributed by atoms with Crippen molar-refractivity contribution < 1.29 is 18.1 Å². The summed E-state index contributed by atoms with van der Waals surface area (Å²) in [4.78, 5) is 26.6. The molecule has 172 valence electrons. The molecule has 3 aromatic rings. The lowest BCUT2D eigenvalue weighted by atomic mass is 10.1. The van der Waals surface area contributed by atoms with Crippen LogP contribution in [0.5, 0.6) is 0 Å². The minimum absolute atomic E-state index is 0.0869. The molecule has 0 fully saturated rings. The van der Waals surface area contributed by atoms with Crippen LogP contribution in [0.4, 0.5) is 17.1 Å². The number of benzene rings is 3. The van der Waals surface area contributed by atoms with Crippen LogP contribution in [0.2, 0.25) is 0 Å². The number of nitro benzene ring substituents is 1. The fourth-order valence-corrected chi connectivity index (χ4v) is 4.30. The Balaban J connectivity index is 1.82.